The van der Waals surface area contributed by atoms with Crippen LogP contribution in [0.5, 0.6) is 5.75 Å². The maximum atomic E-state index is 13.7. The topological polar surface area (TPSA) is 104 Å². The Morgan fingerprint density at radius 1 is 0.875 bits per heavy atom. The van der Waals surface area contributed by atoms with Crippen molar-refractivity contribution >= 4 is 23.7 Å². The molecular formula is C31H36N2O7. The van der Waals surface area contributed by atoms with Crippen LogP contribution in [0.25, 0.3) is 11.1 Å². The fourth-order valence-corrected chi connectivity index (χ4v) is 4.42. The number of aromatic nitrogens is 1. The molecule has 212 valence electrons. The van der Waals surface area contributed by atoms with Gasteiger partial charge in [0.15, 0.2) is 0 Å². The molecule has 0 spiro atoms. The standard InChI is InChI=1S/C31H36N2O7/c1-18-16-32-25(20(3)27(18)37-7)17-33(30(36)40-31(4,5)6)26-15-21(14-24(19(26)2)29(35)39-9)22-12-10-11-13-23(22)28(34)38-8/h10-16H,17H2,1-9H3. The summed E-state index contributed by atoms with van der Waals surface area (Å²) >= 11 is 0. The van der Waals surface area contributed by atoms with Crippen molar-refractivity contribution < 1.29 is 33.3 Å². The van der Waals surface area contributed by atoms with Gasteiger partial charge in [-0.05, 0) is 76.4 Å². The molecule has 0 bridgehead atoms. The average molecular weight is 549 g/mol. The SMILES string of the molecule is COC(=O)c1ccccc1-c1cc(C(=O)OC)c(C)c(N(Cc2ncc(C)c(OC)c2C)C(=O)OC(C)(C)C)c1. The van der Waals surface area contributed by atoms with Crippen LogP contribution in [-0.4, -0.2) is 49.9 Å². The highest BCUT2D eigenvalue weighted by atomic mass is 16.6. The van der Waals surface area contributed by atoms with E-state index in [0.717, 1.165) is 11.1 Å². The molecule has 3 rings (SSSR count). The third kappa shape index (κ3) is 6.42. The molecule has 2 aromatic carbocycles. The zero-order valence-electron chi connectivity index (χ0n) is 24.5. The second kappa shape index (κ2) is 12.2. The molecule has 3 aromatic rings. The van der Waals surface area contributed by atoms with Crippen LogP contribution < -0.4 is 9.64 Å². The Morgan fingerprint density at radius 2 is 1.50 bits per heavy atom. The Kier molecular flexibility index (Phi) is 9.19. The van der Waals surface area contributed by atoms with E-state index in [4.69, 9.17) is 18.9 Å². The Balaban J connectivity index is 2.32. The normalized spacial score (nSPS) is 11.0. The zero-order chi connectivity index (χ0) is 29.8. The van der Waals surface area contributed by atoms with Gasteiger partial charge in [-0.2, -0.15) is 0 Å². The van der Waals surface area contributed by atoms with E-state index in [1.165, 1.54) is 19.1 Å². The predicted octanol–water partition coefficient (Wildman–Crippen LogP) is 6.20. The van der Waals surface area contributed by atoms with Gasteiger partial charge in [0.05, 0.1) is 50.4 Å². The highest BCUT2D eigenvalue weighted by molar-refractivity contribution is 6.01. The van der Waals surface area contributed by atoms with E-state index in [1.54, 1.807) is 77.4 Å². The van der Waals surface area contributed by atoms with E-state index >= 15 is 0 Å². The first kappa shape index (κ1) is 30.1. The molecule has 0 saturated carbocycles. The van der Waals surface area contributed by atoms with E-state index in [0.29, 0.717) is 39.4 Å². The molecule has 0 saturated heterocycles. The predicted molar refractivity (Wildman–Crippen MR) is 152 cm³/mol. The number of nitrogens with zero attached hydrogens (tertiary/aromatic N) is 2. The second-order valence-electron chi connectivity index (χ2n) is 10.3. The minimum Gasteiger partial charge on any atom is -0.496 e. The quantitative estimate of drug-likeness (QED) is 0.254. The van der Waals surface area contributed by atoms with Gasteiger partial charge >= 0.3 is 18.0 Å². The van der Waals surface area contributed by atoms with Gasteiger partial charge in [0.25, 0.3) is 0 Å². The van der Waals surface area contributed by atoms with E-state index in [9.17, 15) is 14.4 Å². The van der Waals surface area contributed by atoms with Crippen molar-refractivity contribution in [3.63, 3.8) is 0 Å². The summed E-state index contributed by atoms with van der Waals surface area (Å²) in [4.78, 5) is 45.2. The summed E-state index contributed by atoms with van der Waals surface area (Å²) in [7, 11) is 4.17. The maximum Gasteiger partial charge on any atom is 0.415 e. The third-order valence-electron chi connectivity index (χ3n) is 6.39. The molecule has 1 heterocycles. The van der Waals surface area contributed by atoms with Crippen LogP contribution in [0.3, 0.4) is 0 Å². The summed E-state index contributed by atoms with van der Waals surface area (Å²) < 4.78 is 21.4. The number of amides is 1. The first-order chi connectivity index (χ1) is 18.8. The van der Waals surface area contributed by atoms with Crippen molar-refractivity contribution in [3.05, 3.63) is 76.1 Å². The van der Waals surface area contributed by atoms with E-state index in [1.807, 2.05) is 13.8 Å². The Hall–Kier alpha value is -4.40. The summed E-state index contributed by atoms with van der Waals surface area (Å²) in [6.45, 7) is 10.8. The number of carbonyl (C=O) groups is 3. The van der Waals surface area contributed by atoms with Crippen LogP contribution in [0.2, 0.25) is 0 Å². The molecule has 0 unspecified atom stereocenters. The van der Waals surface area contributed by atoms with Gasteiger partial charge in [0, 0.05) is 17.3 Å². The monoisotopic (exact) mass is 548 g/mol. The lowest BCUT2D eigenvalue weighted by atomic mass is 9.94. The van der Waals surface area contributed by atoms with Gasteiger partial charge in [-0.3, -0.25) is 9.88 Å². The van der Waals surface area contributed by atoms with Crippen molar-refractivity contribution in [3.8, 4) is 16.9 Å². The van der Waals surface area contributed by atoms with Crippen molar-refractivity contribution in [2.75, 3.05) is 26.2 Å². The summed E-state index contributed by atoms with van der Waals surface area (Å²) in [5.41, 5.74) is 3.89. The first-order valence-electron chi connectivity index (χ1n) is 12.7. The molecule has 9 nitrogen and oxygen atoms in total. The minimum absolute atomic E-state index is 0.0287. The lowest BCUT2D eigenvalue weighted by Crippen LogP contribution is -2.37. The van der Waals surface area contributed by atoms with Gasteiger partial charge in [-0.15, -0.1) is 0 Å². The number of ether oxygens (including phenoxy) is 4. The van der Waals surface area contributed by atoms with Crippen LogP contribution in [0.15, 0.2) is 42.6 Å². The highest BCUT2D eigenvalue weighted by Gasteiger charge is 2.29. The summed E-state index contributed by atoms with van der Waals surface area (Å²) in [6, 6.07) is 10.3. The van der Waals surface area contributed by atoms with Gasteiger partial charge in [-0.25, -0.2) is 14.4 Å². The number of rotatable bonds is 7. The Bertz CT molecular complexity index is 1440. The molecule has 0 N–H and O–H groups in total. The number of benzene rings is 2. The average Bonchev–Trinajstić information content (AvgIpc) is 2.91. The molecule has 1 aromatic heterocycles. The van der Waals surface area contributed by atoms with Crippen molar-refractivity contribution in [1.29, 1.82) is 0 Å². The second-order valence-corrected chi connectivity index (χ2v) is 10.3. The van der Waals surface area contributed by atoms with Gasteiger partial charge < -0.3 is 18.9 Å². The number of pyridine rings is 1. The smallest absolute Gasteiger partial charge is 0.415 e. The fraction of sp³-hybridized carbons (Fsp3) is 0.355. The summed E-state index contributed by atoms with van der Waals surface area (Å²) in [6.07, 6.45) is 1.05. The molecule has 0 aliphatic rings. The maximum absolute atomic E-state index is 13.7. The number of anilines is 1. The van der Waals surface area contributed by atoms with Gasteiger partial charge in [0.1, 0.15) is 11.4 Å². The van der Waals surface area contributed by atoms with Crippen molar-refractivity contribution in [2.24, 2.45) is 0 Å². The molecule has 0 radical (unpaired) electrons. The van der Waals surface area contributed by atoms with E-state index in [2.05, 4.69) is 4.98 Å². The Labute approximate surface area is 235 Å². The number of methoxy groups -OCH3 is 3. The fourth-order valence-electron chi connectivity index (χ4n) is 4.42. The molecule has 0 atom stereocenters. The number of hydrogen-bond acceptors (Lipinski definition) is 8. The van der Waals surface area contributed by atoms with Crippen LogP contribution in [0.4, 0.5) is 10.5 Å². The molecule has 0 fully saturated rings. The van der Waals surface area contributed by atoms with Crippen LogP contribution in [0, 0.1) is 20.8 Å². The third-order valence-corrected chi connectivity index (χ3v) is 6.39. The number of esters is 2. The molecule has 9 heteroatoms. The van der Waals surface area contributed by atoms with Gasteiger partial charge in [-0.1, -0.05) is 18.2 Å². The van der Waals surface area contributed by atoms with Crippen LogP contribution in [0.1, 0.15) is 63.9 Å². The zero-order valence-corrected chi connectivity index (χ0v) is 24.5. The Morgan fingerprint density at radius 3 is 2.10 bits per heavy atom. The van der Waals surface area contributed by atoms with E-state index < -0.39 is 23.6 Å². The summed E-state index contributed by atoms with van der Waals surface area (Å²) in [5.74, 6) is -0.457. The van der Waals surface area contributed by atoms with Crippen molar-refractivity contribution in [2.45, 2.75) is 53.7 Å². The lowest BCUT2D eigenvalue weighted by molar-refractivity contribution is 0.0568. The molecular weight excluding hydrogens is 512 g/mol. The van der Waals surface area contributed by atoms with Crippen LogP contribution in [-0.2, 0) is 20.8 Å². The molecule has 0 aliphatic heterocycles. The largest absolute Gasteiger partial charge is 0.496 e. The first-order valence-corrected chi connectivity index (χ1v) is 12.7. The molecule has 0 aliphatic carbocycles. The highest BCUT2D eigenvalue weighted by Crippen LogP contribution is 2.35. The number of carbonyl (C=O) groups excluding carboxylic acids is 3. The van der Waals surface area contributed by atoms with Crippen LogP contribution >= 0.6 is 0 Å². The van der Waals surface area contributed by atoms with E-state index in [-0.39, 0.29) is 12.1 Å². The van der Waals surface area contributed by atoms with Gasteiger partial charge in [0.2, 0.25) is 0 Å². The lowest BCUT2D eigenvalue weighted by Gasteiger charge is -2.30. The minimum atomic E-state index is -0.795. The van der Waals surface area contributed by atoms with Crippen molar-refractivity contribution in [1.82, 2.24) is 4.98 Å². The number of hydrogen-bond donors (Lipinski definition) is 0. The molecule has 1 amide bonds. The number of aryl methyl sites for hydroxylation is 1. The molecule has 40 heavy (non-hydrogen) atoms. The summed E-state index contributed by atoms with van der Waals surface area (Å²) in [5, 5.41) is 0.